The van der Waals surface area contributed by atoms with Gasteiger partial charge in [-0.3, -0.25) is 9.59 Å². The van der Waals surface area contributed by atoms with E-state index in [1.165, 1.54) is 28.2 Å². The second-order valence-corrected chi connectivity index (χ2v) is 7.31. The zero-order valence-corrected chi connectivity index (χ0v) is 16.8. The Morgan fingerprint density at radius 2 is 1.94 bits per heavy atom. The van der Waals surface area contributed by atoms with E-state index in [2.05, 4.69) is 15.4 Å². The molecule has 0 aliphatic rings. The zero-order valence-electron chi connectivity index (χ0n) is 16.0. The number of ether oxygens (including phenoxy) is 1. The van der Waals surface area contributed by atoms with E-state index in [0.29, 0.717) is 22.9 Å². The van der Waals surface area contributed by atoms with Crippen LogP contribution in [0.5, 0.6) is 5.75 Å². The Kier molecular flexibility index (Phi) is 5.72. The Morgan fingerprint density at radius 3 is 2.65 bits per heavy atom. The second kappa shape index (κ2) is 8.76. The number of benzene rings is 2. The smallest absolute Gasteiger partial charge is 0.295 e. The quantitative estimate of drug-likeness (QED) is 0.461. The number of rotatable bonds is 7. The average molecular weight is 437 g/mol. The molecular formula is C21H16FN5O3S. The van der Waals surface area contributed by atoms with E-state index in [0.717, 1.165) is 4.88 Å². The molecule has 0 spiro atoms. The summed E-state index contributed by atoms with van der Waals surface area (Å²) >= 11 is 1.44. The minimum absolute atomic E-state index is 0.0591. The van der Waals surface area contributed by atoms with Crippen LogP contribution in [0, 0.1) is 5.82 Å². The molecule has 2 aromatic heterocycles. The third-order valence-electron chi connectivity index (χ3n) is 4.10. The number of hydrogen-bond acceptors (Lipinski definition) is 6. The van der Waals surface area contributed by atoms with Crippen LogP contribution in [0.3, 0.4) is 0 Å². The fourth-order valence-electron chi connectivity index (χ4n) is 2.74. The molecule has 0 aliphatic heterocycles. The summed E-state index contributed by atoms with van der Waals surface area (Å²) in [6.07, 6.45) is 0. The first-order chi connectivity index (χ1) is 15.0. The Balaban J connectivity index is 1.62. The van der Waals surface area contributed by atoms with Crippen molar-refractivity contribution in [2.75, 3.05) is 11.9 Å². The summed E-state index contributed by atoms with van der Waals surface area (Å²) in [6, 6.07) is 16.0. The number of carbonyl (C=O) groups is 2. The summed E-state index contributed by atoms with van der Waals surface area (Å²) in [5.41, 5.74) is 6.08. The third-order valence-corrected chi connectivity index (χ3v) is 4.96. The number of thiophene rings is 1. The van der Waals surface area contributed by atoms with Gasteiger partial charge in [0.15, 0.2) is 12.4 Å². The molecule has 3 N–H and O–H groups in total. The van der Waals surface area contributed by atoms with Crippen LogP contribution >= 0.6 is 11.3 Å². The number of carbonyl (C=O) groups excluding carboxylic acids is 2. The molecule has 0 atom stereocenters. The van der Waals surface area contributed by atoms with Crippen molar-refractivity contribution < 1.29 is 18.7 Å². The summed E-state index contributed by atoms with van der Waals surface area (Å²) < 4.78 is 20.1. The van der Waals surface area contributed by atoms with Crippen molar-refractivity contribution in [2.24, 2.45) is 5.73 Å². The van der Waals surface area contributed by atoms with Crippen LogP contribution in [0.2, 0.25) is 0 Å². The first kappa shape index (κ1) is 20.2. The van der Waals surface area contributed by atoms with Gasteiger partial charge in [-0.25, -0.2) is 14.1 Å². The maximum absolute atomic E-state index is 13.3. The fourth-order valence-corrected chi connectivity index (χ4v) is 3.44. The molecule has 4 rings (SSSR count). The molecule has 8 nitrogen and oxygen atoms in total. The Morgan fingerprint density at radius 1 is 1.13 bits per heavy atom. The number of amides is 2. The van der Waals surface area contributed by atoms with Gasteiger partial charge in [0.05, 0.1) is 10.6 Å². The number of primary amides is 1. The van der Waals surface area contributed by atoms with Crippen molar-refractivity contribution in [3.8, 4) is 22.1 Å². The Labute approximate surface area is 180 Å². The molecular weight excluding hydrogens is 421 g/mol. The van der Waals surface area contributed by atoms with E-state index in [1.807, 2.05) is 17.5 Å². The fraction of sp³-hybridized carbons (Fsp3) is 0.0476. The highest BCUT2D eigenvalue weighted by Crippen LogP contribution is 2.26. The summed E-state index contributed by atoms with van der Waals surface area (Å²) in [7, 11) is 0. The molecule has 0 radical (unpaired) electrons. The van der Waals surface area contributed by atoms with Gasteiger partial charge in [0.1, 0.15) is 11.6 Å². The summed E-state index contributed by atoms with van der Waals surface area (Å²) in [4.78, 5) is 28.9. The molecule has 2 heterocycles. The normalized spacial score (nSPS) is 10.6. The van der Waals surface area contributed by atoms with Crippen molar-refractivity contribution in [2.45, 2.75) is 0 Å². The lowest BCUT2D eigenvalue weighted by atomic mass is 10.3. The monoisotopic (exact) mass is 437 g/mol. The predicted molar refractivity (Wildman–Crippen MR) is 114 cm³/mol. The van der Waals surface area contributed by atoms with E-state index in [9.17, 15) is 14.0 Å². The van der Waals surface area contributed by atoms with Gasteiger partial charge in [0.25, 0.3) is 11.8 Å². The standard InChI is InChI=1S/C21H16FN5O3S/c22-13-6-8-15(9-7-13)27-20(17-5-2-10-31-17)25-19(26-27)21(29)24-14-3-1-4-16(11-14)30-12-18(23)28/h1-11H,12H2,(H2,23,28)(H,24,29). The van der Waals surface area contributed by atoms with Crippen molar-refractivity contribution in [1.82, 2.24) is 14.8 Å². The van der Waals surface area contributed by atoms with Crippen LogP contribution in [0.25, 0.3) is 16.4 Å². The largest absolute Gasteiger partial charge is 0.484 e. The van der Waals surface area contributed by atoms with Gasteiger partial charge >= 0.3 is 0 Å². The lowest BCUT2D eigenvalue weighted by Gasteiger charge is -2.07. The van der Waals surface area contributed by atoms with Crippen LogP contribution in [-0.2, 0) is 4.79 Å². The van der Waals surface area contributed by atoms with Gasteiger partial charge in [-0.2, -0.15) is 0 Å². The summed E-state index contributed by atoms with van der Waals surface area (Å²) in [5, 5.41) is 8.92. The lowest BCUT2D eigenvalue weighted by molar-refractivity contribution is -0.119. The summed E-state index contributed by atoms with van der Waals surface area (Å²) in [5.74, 6) is -0.739. The van der Waals surface area contributed by atoms with Gasteiger partial charge in [-0.1, -0.05) is 12.1 Å². The van der Waals surface area contributed by atoms with E-state index in [4.69, 9.17) is 10.5 Å². The van der Waals surface area contributed by atoms with E-state index in [1.54, 1.807) is 36.4 Å². The molecule has 156 valence electrons. The van der Waals surface area contributed by atoms with Gasteiger partial charge in [0, 0.05) is 11.8 Å². The first-order valence-corrected chi connectivity index (χ1v) is 9.97. The molecule has 4 aromatic rings. The molecule has 2 amide bonds. The molecule has 0 saturated heterocycles. The van der Waals surface area contributed by atoms with Crippen LogP contribution in [0.1, 0.15) is 10.6 Å². The number of aromatic nitrogens is 3. The molecule has 0 fully saturated rings. The van der Waals surface area contributed by atoms with Gasteiger partial charge in [0.2, 0.25) is 5.82 Å². The van der Waals surface area contributed by atoms with Crippen molar-refractivity contribution in [3.63, 3.8) is 0 Å². The molecule has 2 aromatic carbocycles. The van der Waals surface area contributed by atoms with Crippen molar-refractivity contribution >= 4 is 28.8 Å². The highest BCUT2D eigenvalue weighted by molar-refractivity contribution is 7.13. The number of nitrogens with zero attached hydrogens (tertiary/aromatic N) is 3. The van der Waals surface area contributed by atoms with Crippen LogP contribution in [0.15, 0.2) is 66.0 Å². The second-order valence-electron chi connectivity index (χ2n) is 6.36. The minimum atomic E-state index is -0.605. The number of halogens is 1. The van der Waals surface area contributed by atoms with Crippen molar-refractivity contribution in [1.29, 1.82) is 0 Å². The number of hydrogen-bond donors (Lipinski definition) is 2. The highest BCUT2D eigenvalue weighted by atomic mass is 32.1. The van der Waals surface area contributed by atoms with E-state index < -0.39 is 11.8 Å². The SMILES string of the molecule is NC(=O)COc1cccc(NC(=O)c2nc(-c3cccs3)n(-c3ccc(F)cc3)n2)c1. The third kappa shape index (κ3) is 4.75. The molecule has 31 heavy (non-hydrogen) atoms. The van der Waals surface area contributed by atoms with Crippen LogP contribution in [0.4, 0.5) is 10.1 Å². The number of anilines is 1. The molecule has 0 saturated carbocycles. The van der Waals surface area contributed by atoms with Gasteiger partial charge in [-0.15, -0.1) is 16.4 Å². The minimum Gasteiger partial charge on any atom is -0.484 e. The Bertz CT molecular complexity index is 1220. The molecule has 0 aliphatic carbocycles. The van der Waals surface area contributed by atoms with Crippen LogP contribution < -0.4 is 15.8 Å². The Hall–Kier alpha value is -4.05. The van der Waals surface area contributed by atoms with Crippen LogP contribution in [-0.4, -0.2) is 33.2 Å². The van der Waals surface area contributed by atoms with Gasteiger partial charge in [-0.05, 0) is 47.8 Å². The zero-order chi connectivity index (χ0) is 21.8. The maximum atomic E-state index is 13.3. The molecule has 10 heteroatoms. The highest BCUT2D eigenvalue weighted by Gasteiger charge is 2.20. The number of nitrogens with one attached hydrogen (secondary N) is 1. The first-order valence-electron chi connectivity index (χ1n) is 9.09. The lowest BCUT2D eigenvalue weighted by Crippen LogP contribution is -2.20. The van der Waals surface area contributed by atoms with Gasteiger partial charge < -0.3 is 15.8 Å². The average Bonchev–Trinajstić information content (AvgIpc) is 3.43. The molecule has 0 unspecified atom stereocenters. The predicted octanol–water partition coefficient (Wildman–Crippen LogP) is 3.25. The maximum Gasteiger partial charge on any atom is 0.295 e. The summed E-state index contributed by atoms with van der Waals surface area (Å²) in [6.45, 7) is -0.273. The molecule has 0 bridgehead atoms. The van der Waals surface area contributed by atoms with E-state index in [-0.39, 0.29) is 18.2 Å². The topological polar surface area (TPSA) is 112 Å². The number of nitrogens with two attached hydrogens (primary N) is 1. The van der Waals surface area contributed by atoms with E-state index >= 15 is 0 Å². The van der Waals surface area contributed by atoms with Crippen molar-refractivity contribution in [3.05, 3.63) is 77.7 Å².